The first-order valence-corrected chi connectivity index (χ1v) is 8.18. The number of rotatable bonds is 7. The van der Waals surface area contributed by atoms with Gasteiger partial charge in [-0.15, -0.1) is 0 Å². The quantitative estimate of drug-likeness (QED) is 0.771. The largest absolute Gasteiger partial charge is 0.382 e. The monoisotopic (exact) mass is 389 g/mol. The highest BCUT2D eigenvalue weighted by Crippen LogP contribution is 2.28. The van der Waals surface area contributed by atoms with Gasteiger partial charge < -0.3 is 29.0 Å². The number of hydrogen-bond acceptors (Lipinski definition) is 6. The Labute approximate surface area is 145 Å². The third kappa shape index (κ3) is 4.43. The van der Waals surface area contributed by atoms with E-state index in [1.807, 2.05) is 24.3 Å². The maximum atomic E-state index is 6.12. The molecule has 0 saturated carbocycles. The van der Waals surface area contributed by atoms with Crippen LogP contribution in [0.5, 0.6) is 0 Å². The molecule has 5 atom stereocenters. The summed E-state index contributed by atoms with van der Waals surface area (Å²) in [5.74, 6) is 0. The van der Waals surface area contributed by atoms with Crippen molar-refractivity contribution in [1.29, 1.82) is 0 Å². The molecule has 1 fully saturated rings. The van der Waals surface area contributed by atoms with E-state index < -0.39 is 0 Å². The van der Waals surface area contributed by atoms with Crippen LogP contribution in [0, 0.1) is 0 Å². The molecule has 1 saturated heterocycles. The molecule has 23 heavy (non-hydrogen) atoms. The SMILES string of the molecule is COC[C@H]1O[C@H](Nc2ccc(Br)cc2)[C@H](OC)[C@@H](OC)[C@@H]1OC. The van der Waals surface area contributed by atoms with Gasteiger partial charge in [0, 0.05) is 38.6 Å². The normalized spacial score (nSPS) is 31.1. The van der Waals surface area contributed by atoms with Crippen molar-refractivity contribution in [3.05, 3.63) is 28.7 Å². The summed E-state index contributed by atoms with van der Waals surface area (Å²) in [5, 5.41) is 3.35. The summed E-state index contributed by atoms with van der Waals surface area (Å²) in [6.45, 7) is 0.410. The van der Waals surface area contributed by atoms with Crippen molar-refractivity contribution in [2.24, 2.45) is 0 Å². The highest BCUT2D eigenvalue weighted by atomic mass is 79.9. The number of halogens is 1. The Morgan fingerprint density at radius 1 is 0.957 bits per heavy atom. The average Bonchev–Trinajstić information content (AvgIpc) is 2.56. The van der Waals surface area contributed by atoms with E-state index in [1.165, 1.54) is 0 Å². The third-order valence-corrected chi connectivity index (χ3v) is 4.46. The lowest BCUT2D eigenvalue weighted by Gasteiger charge is -2.45. The Balaban J connectivity index is 2.19. The predicted molar refractivity (Wildman–Crippen MR) is 90.7 cm³/mol. The lowest BCUT2D eigenvalue weighted by Crippen LogP contribution is -2.62. The molecule has 1 aliphatic heterocycles. The molecule has 0 aliphatic carbocycles. The molecule has 0 bridgehead atoms. The van der Waals surface area contributed by atoms with Crippen LogP contribution in [0.2, 0.25) is 0 Å². The first-order chi connectivity index (χ1) is 11.1. The lowest BCUT2D eigenvalue weighted by atomic mass is 9.97. The van der Waals surface area contributed by atoms with Gasteiger partial charge in [0.25, 0.3) is 0 Å². The number of benzene rings is 1. The summed E-state index contributed by atoms with van der Waals surface area (Å²) >= 11 is 3.43. The Morgan fingerprint density at radius 2 is 1.57 bits per heavy atom. The number of anilines is 1. The zero-order valence-electron chi connectivity index (χ0n) is 13.8. The molecule has 6 nitrogen and oxygen atoms in total. The van der Waals surface area contributed by atoms with E-state index in [9.17, 15) is 0 Å². The summed E-state index contributed by atoms with van der Waals surface area (Å²) in [4.78, 5) is 0. The van der Waals surface area contributed by atoms with Crippen molar-refractivity contribution in [3.63, 3.8) is 0 Å². The summed E-state index contributed by atoms with van der Waals surface area (Å²) in [6.07, 6.45) is -1.49. The van der Waals surface area contributed by atoms with Gasteiger partial charge in [-0.3, -0.25) is 0 Å². The van der Waals surface area contributed by atoms with Crippen molar-refractivity contribution < 1.29 is 23.7 Å². The van der Waals surface area contributed by atoms with Crippen LogP contribution in [0.15, 0.2) is 28.7 Å². The van der Waals surface area contributed by atoms with Gasteiger partial charge in [-0.2, -0.15) is 0 Å². The molecule has 0 spiro atoms. The minimum atomic E-state index is -0.377. The topological polar surface area (TPSA) is 58.2 Å². The van der Waals surface area contributed by atoms with Crippen LogP contribution >= 0.6 is 15.9 Å². The summed E-state index contributed by atoms with van der Waals surface area (Å²) < 4.78 is 29.2. The zero-order chi connectivity index (χ0) is 16.8. The standard InChI is InChI=1S/C16H24BrNO5/c1-19-9-12-13(20-2)14(21-3)15(22-4)16(23-12)18-11-7-5-10(17)6-8-11/h5-8,12-16,18H,9H2,1-4H3/t12-,13-,14+,15-,16+/m1/s1. The maximum Gasteiger partial charge on any atom is 0.157 e. The molecule has 2 rings (SSSR count). The molecule has 1 N–H and O–H groups in total. The van der Waals surface area contributed by atoms with E-state index in [1.54, 1.807) is 28.4 Å². The summed E-state index contributed by atoms with van der Waals surface area (Å²) in [6, 6.07) is 7.86. The van der Waals surface area contributed by atoms with Gasteiger partial charge in [0.05, 0.1) is 6.61 Å². The Kier molecular flexibility index (Phi) is 7.26. The molecular weight excluding hydrogens is 366 g/mol. The summed E-state index contributed by atoms with van der Waals surface area (Å²) in [7, 11) is 6.56. The van der Waals surface area contributed by atoms with Gasteiger partial charge in [-0.05, 0) is 24.3 Å². The second-order valence-corrected chi connectivity index (χ2v) is 6.22. The maximum absolute atomic E-state index is 6.12. The van der Waals surface area contributed by atoms with E-state index >= 15 is 0 Å². The summed E-state index contributed by atoms with van der Waals surface area (Å²) in [5.41, 5.74) is 0.933. The zero-order valence-corrected chi connectivity index (χ0v) is 15.4. The van der Waals surface area contributed by atoms with Crippen molar-refractivity contribution in [1.82, 2.24) is 0 Å². The highest BCUT2D eigenvalue weighted by molar-refractivity contribution is 9.10. The van der Waals surface area contributed by atoms with Crippen molar-refractivity contribution in [2.75, 3.05) is 40.4 Å². The lowest BCUT2D eigenvalue weighted by molar-refractivity contribution is -0.243. The fourth-order valence-electron chi connectivity index (χ4n) is 2.85. The van der Waals surface area contributed by atoms with Crippen LogP contribution in [0.1, 0.15) is 0 Å². The fourth-order valence-corrected chi connectivity index (χ4v) is 3.12. The van der Waals surface area contributed by atoms with Gasteiger partial charge >= 0.3 is 0 Å². The van der Waals surface area contributed by atoms with E-state index in [4.69, 9.17) is 23.7 Å². The predicted octanol–water partition coefficient (Wildman–Crippen LogP) is 2.28. The molecular formula is C16H24BrNO5. The van der Waals surface area contributed by atoms with Crippen molar-refractivity contribution >= 4 is 21.6 Å². The molecule has 0 radical (unpaired) electrons. The van der Waals surface area contributed by atoms with E-state index in [-0.39, 0.29) is 30.6 Å². The van der Waals surface area contributed by atoms with Crippen LogP contribution in [0.4, 0.5) is 5.69 Å². The minimum Gasteiger partial charge on any atom is -0.382 e. The van der Waals surface area contributed by atoms with Crippen LogP contribution in [0.25, 0.3) is 0 Å². The van der Waals surface area contributed by atoms with Gasteiger partial charge in [0.1, 0.15) is 24.4 Å². The van der Waals surface area contributed by atoms with Gasteiger partial charge in [0.15, 0.2) is 6.23 Å². The molecule has 130 valence electrons. The molecule has 1 aromatic rings. The first kappa shape index (κ1) is 18.6. The van der Waals surface area contributed by atoms with Crippen molar-refractivity contribution in [3.8, 4) is 0 Å². The second kappa shape index (κ2) is 8.96. The smallest absolute Gasteiger partial charge is 0.157 e. The molecule has 0 amide bonds. The van der Waals surface area contributed by atoms with Crippen molar-refractivity contribution in [2.45, 2.75) is 30.6 Å². The number of methoxy groups -OCH3 is 4. The van der Waals surface area contributed by atoms with E-state index in [2.05, 4.69) is 21.2 Å². The van der Waals surface area contributed by atoms with Crippen LogP contribution in [-0.2, 0) is 23.7 Å². The van der Waals surface area contributed by atoms with Gasteiger partial charge in [-0.25, -0.2) is 0 Å². The van der Waals surface area contributed by atoms with Gasteiger partial charge in [0.2, 0.25) is 0 Å². The van der Waals surface area contributed by atoms with E-state index in [0.717, 1.165) is 10.2 Å². The highest BCUT2D eigenvalue weighted by Gasteiger charge is 2.47. The van der Waals surface area contributed by atoms with Gasteiger partial charge in [-0.1, -0.05) is 15.9 Å². The first-order valence-electron chi connectivity index (χ1n) is 7.39. The number of ether oxygens (including phenoxy) is 5. The average molecular weight is 390 g/mol. The third-order valence-electron chi connectivity index (χ3n) is 3.93. The molecule has 1 aromatic carbocycles. The molecule has 0 aromatic heterocycles. The Bertz CT molecular complexity index is 472. The Morgan fingerprint density at radius 3 is 2.09 bits per heavy atom. The Hall–Kier alpha value is -0.700. The fraction of sp³-hybridized carbons (Fsp3) is 0.625. The van der Waals surface area contributed by atoms with Crippen LogP contribution in [0.3, 0.4) is 0 Å². The second-order valence-electron chi connectivity index (χ2n) is 5.30. The van der Waals surface area contributed by atoms with Crippen LogP contribution in [-0.4, -0.2) is 65.7 Å². The number of nitrogens with one attached hydrogen (secondary N) is 1. The molecule has 1 heterocycles. The minimum absolute atomic E-state index is 0.255. The molecule has 7 heteroatoms. The molecule has 1 aliphatic rings. The molecule has 0 unspecified atom stereocenters. The van der Waals surface area contributed by atoms with Crippen LogP contribution < -0.4 is 5.32 Å². The van der Waals surface area contributed by atoms with E-state index in [0.29, 0.717) is 6.61 Å². The number of hydrogen-bond donors (Lipinski definition) is 1.